The van der Waals surface area contributed by atoms with Gasteiger partial charge < -0.3 is 14.3 Å². The first-order valence-electron chi connectivity index (χ1n) is 10.8. The van der Waals surface area contributed by atoms with Gasteiger partial charge in [0.15, 0.2) is 0 Å². The molecule has 0 atom stereocenters. The van der Waals surface area contributed by atoms with Gasteiger partial charge in [-0.2, -0.15) is 0 Å². The molecule has 0 aliphatic rings. The summed E-state index contributed by atoms with van der Waals surface area (Å²) in [6.45, 7) is 0.624. The first kappa shape index (κ1) is 23.3. The molecule has 0 spiro atoms. The number of aromatic nitrogens is 2. The van der Waals surface area contributed by atoms with Crippen LogP contribution < -0.4 is 4.74 Å². The van der Waals surface area contributed by atoms with E-state index in [9.17, 15) is 4.79 Å². The molecule has 2 aromatic carbocycles. The number of rotatable bonds is 10. The smallest absolute Gasteiger partial charge is 0.305 e. The molecule has 7 nitrogen and oxygen atoms in total. The Labute approximate surface area is 202 Å². The van der Waals surface area contributed by atoms with Crippen LogP contribution in [0, 0.1) is 0 Å². The lowest BCUT2D eigenvalue weighted by Crippen LogP contribution is -2.08. The number of hydrogen-bond donors (Lipinski definition) is 0. The van der Waals surface area contributed by atoms with Gasteiger partial charge in [0.2, 0.25) is 0 Å². The Morgan fingerprint density at radius 3 is 2.50 bits per heavy atom. The molecule has 0 unspecified atom stereocenters. The zero-order valence-corrected chi connectivity index (χ0v) is 19.4. The van der Waals surface area contributed by atoms with Gasteiger partial charge in [0.1, 0.15) is 29.8 Å². The summed E-state index contributed by atoms with van der Waals surface area (Å²) in [5.41, 5.74) is 4.11. The molecule has 0 fully saturated rings. The minimum absolute atomic E-state index is 0.234. The molecule has 0 aliphatic carbocycles. The predicted octanol–water partition coefficient (Wildman–Crippen LogP) is 5.44. The fraction of sp³-hybridized carbons (Fsp3) is 0.192. The topological polar surface area (TPSA) is 74.4 Å². The van der Waals surface area contributed by atoms with Crippen LogP contribution >= 0.6 is 11.6 Å². The van der Waals surface area contributed by atoms with Crippen molar-refractivity contribution in [3.8, 4) is 5.75 Å². The highest BCUT2D eigenvalue weighted by Crippen LogP contribution is 2.17. The number of fused-ring (bicyclic) bond motifs is 1. The summed E-state index contributed by atoms with van der Waals surface area (Å²) < 4.78 is 12.4. The predicted molar refractivity (Wildman–Crippen MR) is 130 cm³/mol. The van der Waals surface area contributed by atoms with Crippen LogP contribution in [0.1, 0.15) is 29.7 Å². The highest BCUT2D eigenvalue weighted by atomic mass is 35.5. The number of hydrogen-bond acceptors (Lipinski definition) is 6. The number of carbonyl (C=O) groups is 1. The van der Waals surface area contributed by atoms with Crippen molar-refractivity contribution in [1.29, 1.82) is 0 Å². The van der Waals surface area contributed by atoms with Gasteiger partial charge in [-0.25, -0.2) is 4.98 Å². The molecule has 4 aromatic rings. The minimum Gasteiger partial charge on any atom is -0.487 e. The average Bonchev–Trinajstić information content (AvgIpc) is 3.30. The van der Waals surface area contributed by atoms with Crippen LogP contribution in [-0.2, 0) is 27.6 Å². The summed E-state index contributed by atoms with van der Waals surface area (Å²) >= 11 is 6.18. The standard InChI is InChI=1S/C26H24ClN3O4/c1-32-26(31)15-14-23(20-6-3-2-4-7-20)29-34-17-19-10-12-22(13-11-19)33-18-21-16-30-24(27)8-5-9-25(30)28-21/h2-13,16H,14-15,17-18H2,1H3/b29-23+. The molecule has 0 saturated carbocycles. The van der Waals surface area contributed by atoms with Gasteiger partial charge >= 0.3 is 5.97 Å². The Kier molecular flexibility index (Phi) is 7.78. The van der Waals surface area contributed by atoms with Crippen molar-refractivity contribution >= 4 is 28.9 Å². The molecular weight excluding hydrogens is 454 g/mol. The number of pyridine rings is 1. The molecule has 4 rings (SSSR count). The van der Waals surface area contributed by atoms with Crippen molar-refractivity contribution in [3.63, 3.8) is 0 Å². The number of imidazole rings is 1. The third kappa shape index (κ3) is 6.14. The number of benzene rings is 2. The van der Waals surface area contributed by atoms with E-state index in [2.05, 4.69) is 10.1 Å². The summed E-state index contributed by atoms with van der Waals surface area (Å²) in [6, 6.07) is 22.8. The van der Waals surface area contributed by atoms with Crippen LogP contribution in [0.15, 0.2) is 84.1 Å². The Balaban J connectivity index is 1.33. The van der Waals surface area contributed by atoms with E-state index in [0.717, 1.165) is 28.2 Å². The van der Waals surface area contributed by atoms with Gasteiger partial charge in [0.25, 0.3) is 0 Å². The molecule has 2 heterocycles. The minimum atomic E-state index is -0.286. The maximum atomic E-state index is 11.5. The van der Waals surface area contributed by atoms with Crippen LogP contribution in [-0.4, -0.2) is 28.2 Å². The summed E-state index contributed by atoms with van der Waals surface area (Å²) in [7, 11) is 1.37. The van der Waals surface area contributed by atoms with Crippen molar-refractivity contribution < 1.29 is 19.1 Å². The lowest BCUT2D eigenvalue weighted by molar-refractivity contribution is -0.140. The molecule has 8 heteroatoms. The molecule has 34 heavy (non-hydrogen) atoms. The molecule has 0 saturated heterocycles. The number of methoxy groups -OCH3 is 1. The quantitative estimate of drug-likeness (QED) is 0.131. The lowest BCUT2D eigenvalue weighted by Gasteiger charge is -2.08. The molecule has 174 valence electrons. The zero-order valence-electron chi connectivity index (χ0n) is 18.7. The fourth-order valence-corrected chi connectivity index (χ4v) is 3.52. The number of halogens is 1. The third-order valence-electron chi connectivity index (χ3n) is 5.11. The second-order valence-corrected chi connectivity index (χ2v) is 7.88. The monoisotopic (exact) mass is 477 g/mol. The van der Waals surface area contributed by atoms with Gasteiger partial charge in [-0.05, 0) is 35.4 Å². The number of esters is 1. The first-order chi connectivity index (χ1) is 16.6. The van der Waals surface area contributed by atoms with Crippen LogP contribution in [0.4, 0.5) is 0 Å². The van der Waals surface area contributed by atoms with E-state index >= 15 is 0 Å². The largest absolute Gasteiger partial charge is 0.487 e. The first-order valence-corrected chi connectivity index (χ1v) is 11.2. The number of carbonyl (C=O) groups excluding carboxylic acids is 1. The number of ether oxygens (including phenoxy) is 2. The fourth-order valence-electron chi connectivity index (χ4n) is 3.32. The van der Waals surface area contributed by atoms with Gasteiger partial charge in [0.05, 0.1) is 24.9 Å². The van der Waals surface area contributed by atoms with E-state index in [1.165, 1.54) is 7.11 Å². The molecule has 0 aliphatic heterocycles. The maximum absolute atomic E-state index is 11.5. The number of nitrogens with zero attached hydrogens (tertiary/aromatic N) is 3. The van der Waals surface area contributed by atoms with Gasteiger partial charge in [-0.1, -0.05) is 65.3 Å². The van der Waals surface area contributed by atoms with E-state index in [0.29, 0.717) is 30.5 Å². The summed E-state index contributed by atoms with van der Waals surface area (Å²) in [6.07, 6.45) is 2.53. The van der Waals surface area contributed by atoms with Crippen molar-refractivity contribution in [1.82, 2.24) is 9.38 Å². The lowest BCUT2D eigenvalue weighted by atomic mass is 10.1. The average molecular weight is 478 g/mol. The molecular formula is C26H24ClN3O4. The highest BCUT2D eigenvalue weighted by Gasteiger charge is 2.09. The zero-order chi connectivity index (χ0) is 23.8. The summed E-state index contributed by atoms with van der Waals surface area (Å²) in [5, 5.41) is 4.88. The summed E-state index contributed by atoms with van der Waals surface area (Å²) in [4.78, 5) is 21.6. The Morgan fingerprint density at radius 2 is 1.76 bits per heavy atom. The second-order valence-electron chi connectivity index (χ2n) is 7.50. The van der Waals surface area contributed by atoms with Crippen molar-refractivity contribution in [3.05, 3.63) is 101 Å². The van der Waals surface area contributed by atoms with E-state index in [1.807, 2.05) is 83.4 Å². The van der Waals surface area contributed by atoms with Crippen LogP contribution in [0.5, 0.6) is 5.75 Å². The molecule has 2 aromatic heterocycles. The van der Waals surface area contributed by atoms with E-state index in [4.69, 9.17) is 25.9 Å². The highest BCUT2D eigenvalue weighted by molar-refractivity contribution is 6.29. The molecule has 0 amide bonds. The van der Waals surface area contributed by atoms with Crippen LogP contribution in [0.2, 0.25) is 5.15 Å². The van der Waals surface area contributed by atoms with Crippen molar-refractivity contribution in [2.75, 3.05) is 7.11 Å². The Morgan fingerprint density at radius 1 is 0.971 bits per heavy atom. The molecule has 0 N–H and O–H groups in total. The Hall–Kier alpha value is -3.84. The maximum Gasteiger partial charge on any atom is 0.305 e. The normalized spacial score (nSPS) is 11.4. The third-order valence-corrected chi connectivity index (χ3v) is 5.42. The van der Waals surface area contributed by atoms with Crippen molar-refractivity contribution in [2.45, 2.75) is 26.1 Å². The van der Waals surface area contributed by atoms with E-state index in [-0.39, 0.29) is 12.4 Å². The molecule has 0 radical (unpaired) electrons. The van der Waals surface area contributed by atoms with Crippen LogP contribution in [0.3, 0.4) is 0 Å². The second kappa shape index (κ2) is 11.3. The SMILES string of the molecule is COC(=O)CC/C(=N\OCc1ccc(OCc2cn3c(Cl)cccc3n2)cc1)c1ccccc1. The van der Waals surface area contributed by atoms with E-state index < -0.39 is 0 Å². The van der Waals surface area contributed by atoms with Gasteiger partial charge in [-0.15, -0.1) is 0 Å². The Bertz CT molecular complexity index is 1270. The molecule has 0 bridgehead atoms. The number of oxime groups is 1. The van der Waals surface area contributed by atoms with Gasteiger partial charge in [-0.3, -0.25) is 9.20 Å². The van der Waals surface area contributed by atoms with Crippen LogP contribution in [0.25, 0.3) is 5.65 Å². The van der Waals surface area contributed by atoms with E-state index in [1.54, 1.807) is 0 Å². The van der Waals surface area contributed by atoms with Crippen molar-refractivity contribution in [2.24, 2.45) is 5.16 Å². The van der Waals surface area contributed by atoms with Gasteiger partial charge in [0, 0.05) is 12.6 Å². The summed E-state index contributed by atoms with van der Waals surface area (Å²) in [5.74, 6) is 0.435.